The van der Waals surface area contributed by atoms with E-state index in [1.54, 1.807) is 12.1 Å². The van der Waals surface area contributed by atoms with Crippen LogP contribution in [0.15, 0.2) is 51.7 Å². The highest BCUT2D eigenvalue weighted by Gasteiger charge is 2.44. The molecule has 10 heteroatoms. The van der Waals surface area contributed by atoms with Crippen molar-refractivity contribution in [3.05, 3.63) is 52.7 Å². The number of aromatic hydroxyl groups is 2. The fourth-order valence-corrected chi connectivity index (χ4v) is 3.38. The molecule has 2 aromatic carbocycles. The molecule has 0 radical (unpaired) electrons. The van der Waals surface area contributed by atoms with Crippen molar-refractivity contribution in [3.8, 4) is 28.6 Å². The van der Waals surface area contributed by atoms with E-state index in [1.165, 1.54) is 24.3 Å². The van der Waals surface area contributed by atoms with Crippen LogP contribution in [0.1, 0.15) is 0 Å². The molecule has 0 saturated carbocycles. The maximum Gasteiger partial charge on any atom is 0.229 e. The molecule has 1 aromatic heterocycles. The lowest BCUT2D eigenvalue weighted by Gasteiger charge is -2.39. The number of fused-ring (bicyclic) bond motifs is 1. The summed E-state index contributed by atoms with van der Waals surface area (Å²) in [5.41, 5.74) is -0.0204. The van der Waals surface area contributed by atoms with Crippen molar-refractivity contribution in [2.45, 2.75) is 30.7 Å². The minimum absolute atomic E-state index is 0.0184. The first-order valence-electron chi connectivity index (χ1n) is 9.36. The van der Waals surface area contributed by atoms with E-state index in [4.69, 9.17) is 13.9 Å². The molecule has 0 bridgehead atoms. The van der Waals surface area contributed by atoms with Crippen LogP contribution in [0.3, 0.4) is 0 Å². The molecule has 1 saturated heterocycles. The van der Waals surface area contributed by atoms with Crippen LogP contribution in [-0.2, 0) is 4.74 Å². The number of ether oxygens (including phenoxy) is 2. The zero-order valence-electron chi connectivity index (χ0n) is 16.0. The average molecular weight is 432 g/mol. The number of phenolic OH excluding ortho intramolecular Hbond substituents is 2. The number of phenols is 2. The maximum absolute atomic E-state index is 12.5. The van der Waals surface area contributed by atoms with Gasteiger partial charge in [-0.2, -0.15) is 0 Å². The lowest BCUT2D eigenvalue weighted by Crippen LogP contribution is -2.60. The predicted octanol–water partition coefficient (Wildman–Crippen LogP) is 0.0499. The van der Waals surface area contributed by atoms with Crippen LogP contribution >= 0.6 is 0 Å². The monoisotopic (exact) mass is 432 g/mol. The van der Waals surface area contributed by atoms with Crippen LogP contribution in [0.2, 0.25) is 0 Å². The fourth-order valence-electron chi connectivity index (χ4n) is 3.38. The van der Waals surface area contributed by atoms with Crippen molar-refractivity contribution >= 4 is 11.0 Å². The maximum atomic E-state index is 12.5. The third-order valence-electron chi connectivity index (χ3n) is 5.04. The molecule has 5 atom stereocenters. The SMILES string of the molecule is O=c1cc(-c2ccc(O)cc2)oc2cc(O[C@@H]3OC(CO)[C@H](O)[C@H](O)C3O)cc(O)c12. The van der Waals surface area contributed by atoms with Gasteiger partial charge in [0.2, 0.25) is 6.29 Å². The Morgan fingerprint density at radius 2 is 1.65 bits per heavy atom. The molecule has 6 N–H and O–H groups in total. The number of hydrogen-bond donors (Lipinski definition) is 6. The van der Waals surface area contributed by atoms with Crippen LogP contribution in [0.25, 0.3) is 22.3 Å². The zero-order valence-corrected chi connectivity index (χ0v) is 16.0. The molecule has 31 heavy (non-hydrogen) atoms. The lowest BCUT2D eigenvalue weighted by molar-refractivity contribution is -0.277. The van der Waals surface area contributed by atoms with Crippen molar-refractivity contribution in [2.75, 3.05) is 6.61 Å². The van der Waals surface area contributed by atoms with Crippen LogP contribution in [0.5, 0.6) is 17.2 Å². The van der Waals surface area contributed by atoms with Gasteiger partial charge >= 0.3 is 0 Å². The van der Waals surface area contributed by atoms with Crippen LogP contribution in [0.4, 0.5) is 0 Å². The molecule has 10 nitrogen and oxygen atoms in total. The second-order valence-corrected chi connectivity index (χ2v) is 7.15. The predicted molar refractivity (Wildman–Crippen MR) is 106 cm³/mol. The molecule has 164 valence electrons. The molecular formula is C21H20O10. The first-order valence-corrected chi connectivity index (χ1v) is 9.36. The summed E-state index contributed by atoms with van der Waals surface area (Å²) in [7, 11) is 0. The molecule has 0 aliphatic carbocycles. The van der Waals surface area contributed by atoms with Crippen molar-refractivity contribution in [3.63, 3.8) is 0 Å². The number of aliphatic hydroxyl groups is 4. The summed E-state index contributed by atoms with van der Waals surface area (Å²) < 4.78 is 16.5. The average Bonchev–Trinajstić information content (AvgIpc) is 2.74. The Bertz CT molecular complexity index is 1140. The topological polar surface area (TPSA) is 170 Å². The third-order valence-corrected chi connectivity index (χ3v) is 5.04. The molecule has 0 spiro atoms. The number of aliphatic hydroxyl groups excluding tert-OH is 4. The Balaban J connectivity index is 1.71. The molecule has 0 amide bonds. The van der Waals surface area contributed by atoms with Crippen molar-refractivity contribution < 1.29 is 44.5 Å². The summed E-state index contributed by atoms with van der Waals surface area (Å²) in [5.74, 6) is -0.273. The van der Waals surface area contributed by atoms with Gasteiger partial charge in [-0.15, -0.1) is 0 Å². The molecule has 2 heterocycles. The van der Waals surface area contributed by atoms with Crippen molar-refractivity contribution in [1.29, 1.82) is 0 Å². The highest BCUT2D eigenvalue weighted by molar-refractivity contribution is 5.86. The van der Waals surface area contributed by atoms with E-state index in [1.807, 2.05) is 0 Å². The molecule has 1 aliphatic heterocycles. The van der Waals surface area contributed by atoms with Gasteiger partial charge in [-0.05, 0) is 24.3 Å². The summed E-state index contributed by atoms with van der Waals surface area (Å²) >= 11 is 0. The van der Waals surface area contributed by atoms with Gasteiger partial charge in [-0.1, -0.05) is 0 Å². The Kier molecular flexibility index (Phi) is 5.56. The molecule has 2 unspecified atom stereocenters. The van der Waals surface area contributed by atoms with E-state index in [9.17, 15) is 35.4 Å². The highest BCUT2D eigenvalue weighted by Crippen LogP contribution is 2.33. The van der Waals surface area contributed by atoms with Gasteiger partial charge in [-0.3, -0.25) is 4.79 Å². The van der Waals surface area contributed by atoms with Crippen LogP contribution < -0.4 is 10.2 Å². The van der Waals surface area contributed by atoms with Gasteiger partial charge in [0.25, 0.3) is 0 Å². The van der Waals surface area contributed by atoms with E-state index in [0.717, 1.165) is 6.07 Å². The number of rotatable bonds is 4. The summed E-state index contributed by atoms with van der Waals surface area (Å²) in [4.78, 5) is 12.5. The van der Waals surface area contributed by atoms with Gasteiger partial charge in [0.05, 0.1) is 6.61 Å². The molecule has 1 fully saturated rings. The minimum Gasteiger partial charge on any atom is -0.508 e. The quantitative estimate of drug-likeness (QED) is 0.331. The fraction of sp³-hybridized carbons (Fsp3) is 0.286. The van der Waals surface area contributed by atoms with Gasteiger partial charge in [0.1, 0.15) is 58.4 Å². The van der Waals surface area contributed by atoms with E-state index in [2.05, 4.69) is 0 Å². The van der Waals surface area contributed by atoms with Crippen molar-refractivity contribution in [2.24, 2.45) is 0 Å². The Morgan fingerprint density at radius 3 is 2.32 bits per heavy atom. The van der Waals surface area contributed by atoms with Crippen LogP contribution in [-0.4, -0.2) is 68.0 Å². The Morgan fingerprint density at radius 1 is 0.935 bits per heavy atom. The third kappa shape index (κ3) is 3.94. The summed E-state index contributed by atoms with van der Waals surface area (Å²) in [5, 5.41) is 58.8. The first-order chi connectivity index (χ1) is 14.8. The Labute approximate surface area is 174 Å². The number of benzene rings is 2. The van der Waals surface area contributed by atoms with E-state index < -0.39 is 48.5 Å². The molecule has 3 aromatic rings. The number of hydrogen-bond acceptors (Lipinski definition) is 10. The smallest absolute Gasteiger partial charge is 0.229 e. The van der Waals surface area contributed by atoms with Gasteiger partial charge in [-0.25, -0.2) is 0 Å². The molecule has 4 rings (SSSR count). The van der Waals surface area contributed by atoms with Crippen LogP contribution in [0, 0.1) is 0 Å². The van der Waals surface area contributed by atoms with Gasteiger partial charge in [0.15, 0.2) is 5.43 Å². The second-order valence-electron chi connectivity index (χ2n) is 7.15. The van der Waals surface area contributed by atoms with E-state index >= 15 is 0 Å². The zero-order chi connectivity index (χ0) is 22.3. The van der Waals surface area contributed by atoms with Crippen molar-refractivity contribution in [1.82, 2.24) is 0 Å². The summed E-state index contributed by atoms with van der Waals surface area (Å²) in [6.45, 7) is -0.626. The largest absolute Gasteiger partial charge is 0.508 e. The Hall–Kier alpha value is -3.15. The lowest BCUT2D eigenvalue weighted by atomic mass is 9.99. The molecule has 1 aliphatic rings. The first kappa shape index (κ1) is 21.1. The van der Waals surface area contributed by atoms with Gasteiger partial charge < -0.3 is 44.5 Å². The van der Waals surface area contributed by atoms with E-state index in [-0.39, 0.29) is 28.2 Å². The summed E-state index contributed by atoms with van der Waals surface area (Å²) in [6.07, 6.45) is -7.47. The normalized spacial score (nSPS) is 26.1. The standard InChI is InChI=1S/C21H20O10/c22-8-16-18(26)19(27)20(28)21(31-16)29-11-5-12(24)17-13(25)7-14(30-15(17)6-11)9-1-3-10(23)4-2-9/h1-7,16,18-24,26-28H,8H2/t16?,18-,19-,20?,21+/m0/s1. The van der Waals surface area contributed by atoms with Gasteiger partial charge in [0, 0.05) is 23.8 Å². The summed E-state index contributed by atoms with van der Waals surface area (Å²) in [6, 6.07) is 9.56. The highest BCUT2D eigenvalue weighted by atomic mass is 16.7. The molecular weight excluding hydrogens is 412 g/mol. The van der Waals surface area contributed by atoms with E-state index in [0.29, 0.717) is 5.56 Å². The second kappa shape index (κ2) is 8.17. The minimum atomic E-state index is -1.65.